The molecule has 0 fully saturated rings. The highest BCUT2D eigenvalue weighted by Crippen LogP contribution is 2.22. The lowest BCUT2D eigenvalue weighted by molar-refractivity contribution is -0.139. The van der Waals surface area contributed by atoms with Crippen molar-refractivity contribution in [1.82, 2.24) is 10.2 Å². The fourth-order valence-electron chi connectivity index (χ4n) is 3.32. The van der Waals surface area contributed by atoms with Crippen LogP contribution in [0.3, 0.4) is 0 Å². The number of nitrogens with zero attached hydrogens (tertiary/aromatic N) is 2. The number of anilines is 1. The molecule has 2 aromatic carbocycles. The molecule has 2 amide bonds. The lowest BCUT2D eigenvalue weighted by atomic mass is 10.1. The number of benzene rings is 2. The normalized spacial score (nSPS) is 13.0. The summed E-state index contributed by atoms with van der Waals surface area (Å²) in [6.45, 7) is 7.60. The first kappa shape index (κ1) is 27.2. The van der Waals surface area contributed by atoms with Gasteiger partial charge in [0.15, 0.2) is 0 Å². The number of ether oxygens (including phenoxy) is 1. The number of sulfonamides is 1. The van der Waals surface area contributed by atoms with Crippen LogP contribution >= 0.6 is 0 Å². The summed E-state index contributed by atoms with van der Waals surface area (Å²) < 4.78 is 31.7. The maximum Gasteiger partial charge on any atom is 0.244 e. The summed E-state index contributed by atoms with van der Waals surface area (Å²) in [7, 11) is -3.77. The van der Waals surface area contributed by atoms with Crippen molar-refractivity contribution in [3.8, 4) is 5.75 Å². The molecule has 2 rings (SSSR count). The van der Waals surface area contributed by atoms with Crippen LogP contribution in [-0.4, -0.2) is 56.6 Å². The molecule has 0 saturated carbocycles. The number of rotatable bonds is 12. The van der Waals surface area contributed by atoms with Crippen molar-refractivity contribution in [3.05, 3.63) is 60.2 Å². The Morgan fingerprint density at radius 1 is 1.00 bits per heavy atom. The smallest absolute Gasteiger partial charge is 0.244 e. The van der Waals surface area contributed by atoms with Crippen LogP contribution in [0.4, 0.5) is 5.69 Å². The maximum absolute atomic E-state index is 13.5. The van der Waals surface area contributed by atoms with Gasteiger partial charge in [-0.25, -0.2) is 8.42 Å². The van der Waals surface area contributed by atoms with Crippen LogP contribution in [0.25, 0.3) is 0 Å². The van der Waals surface area contributed by atoms with E-state index < -0.39 is 28.5 Å². The second-order valence-corrected chi connectivity index (χ2v) is 10.1. The molecule has 0 aromatic heterocycles. The largest absolute Gasteiger partial charge is 0.494 e. The van der Waals surface area contributed by atoms with Crippen LogP contribution in [0.5, 0.6) is 5.75 Å². The van der Waals surface area contributed by atoms with E-state index in [-0.39, 0.29) is 18.5 Å². The molecule has 0 spiro atoms. The molecule has 0 aliphatic rings. The molecule has 2 atom stereocenters. The first-order chi connectivity index (χ1) is 16.1. The van der Waals surface area contributed by atoms with Crippen LogP contribution in [0.15, 0.2) is 54.6 Å². The Hall–Kier alpha value is -3.07. The van der Waals surface area contributed by atoms with E-state index >= 15 is 0 Å². The summed E-state index contributed by atoms with van der Waals surface area (Å²) >= 11 is 0. The van der Waals surface area contributed by atoms with Crippen molar-refractivity contribution in [2.24, 2.45) is 0 Å². The van der Waals surface area contributed by atoms with Crippen molar-refractivity contribution in [2.45, 2.75) is 52.7 Å². The first-order valence-corrected chi connectivity index (χ1v) is 13.3. The number of carbonyl (C=O) groups is 2. The molecule has 8 nitrogen and oxygen atoms in total. The molecule has 0 aliphatic heterocycles. The zero-order valence-electron chi connectivity index (χ0n) is 20.5. The number of hydrogen-bond donors (Lipinski definition) is 1. The number of carbonyl (C=O) groups excluding carboxylic acids is 2. The van der Waals surface area contributed by atoms with Crippen LogP contribution in [0.2, 0.25) is 0 Å². The third-order valence-corrected chi connectivity index (χ3v) is 6.62. The third-order valence-electron chi connectivity index (χ3n) is 5.48. The molecule has 0 aliphatic carbocycles. The topological polar surface area (TPSA) is 96.0 Å². The minimum atomic E-state index is -3.77. The quantitative estimate of drug-likeness (QED) is 0.494. The number of amides is 2. The predicted molar refractivity (Wildman–Crippen MR) is 134 cm³/mol. The van der Waals surface area contributed by atoms with E-state index in [0.717, 1.165) is 22.5 Å². The summed E-state index contributed by atoms with van der Waals surface area (Å²) in [6.07, 6.45) is 1.81. The highest BCUT2D eigenvalue weighted by Gasteiger charge is 2.30. The summed E-state index contributed by atoms with van der Waals surface area (Å²) in [5, 5.41) is 2.91. The Balaban J connectivity index is 2.33. The average Bonchev–Trinajstić information content (AvgIpc) is 2.81. The lowest BCUT2D eigenvalue weighted by Gasteiger charge is -2.32. The molecule has 0 unspecified atom stereocenters. The van der Waals surface area contributed by atoms with Crippen LogP contribution in [0.1, 0.15) is 39.7 Å². The first-order valence-electron chi connectivity index (χ1n) is 11.4. The van der Waals surface area contributed by atoms with Crippen LogP contribution in [0, 0.1) is 0 Å². The van der Waals surface area contributed by atoms with Crippen molar-refractivity contribution in [3.63, 3.8) is 0 Å². The summed E-state index contributed by atoms with van der Waals surface area (Å²) in [5.41, 5.74) is 1.18. The predicted octanol–water partition coefficient (Wildman–Crippen LogP) is 3.18. The van der Waals surface area contributed by atoms with E-state index in [1.807, 2.05) is 51.1 Å². The summed E-state index contributed by atoms with van der Waals surface area (Å²) in [4.78, 5) is 27.7. The number of nitrogens with one attached hydrogen (secondary N) is 1. The fraction of sp³-hybridized carbons (Fsp3) is 0.440. The van der Waals surface area contributed by atoms with Gasteiger partial charge in [0, 0.05) is 12.6 Å². The molecule has 1 N–H and O–H groups in total. The Bertz CT molecular complexity index is 1040. The van der Waals surface area contributed by atoms with E-state index in [4.69, 9.17) is 4.74 Å². The van der Waals surface area contributed by atoms with Gasteiger partial charge >= 0.3 is 0 Å². The van der Waals surface area contributed by atoms with Crippen molar-refractivity contribution in [2.75, 3.05) is 23.7 Å². The van der Waals surface area contributed by atoms with E-state index in [1.165, 1.54) is 4.90 Å². The Morgan fingerprint density at radius 3 is 2.15 bits per heavy atom. The molecule has 0 heterocycles. The second-order valence-electron chi connectivity index (χ2n) is 8.20. The van der Waals surface area contributed by atoms with E-state index in [1.54, 1.807) is 31.2 Å². The van der Waals surface area contributed by atoms with Gasteiger partial charge in [-0.1, -0.05) is 37.3 Å². The van der Waals surface area contributed by atoms with Crippen molar-refractivity contribution in [1.29, 1.82) is 0 Å². The Labute approximate surface area is 202 Å². The molecule has 2 aromatic rings. The van der Waals surface area contributed by atoms with Crippen LogP contribution in [-0.2, 0) is 26.2 Å². The highest BCUT2D eigenvalue weighted by molar-refractivity contribution is 7.92. The third kappa shape index (κ3) is 7.76. The van der Waals surface area contributed by atoms with Gasteiger partial charge in [-0.05, 0) is 57.0 Å². The minimum Gasteiger partial charge on any atom is -0.494 e. The van der Waals surface area contributed by atoms with E-state index in [9.17, 15) is 18.0 Å². The van der Waals surface area contributed by atoms with Gasteiger partial charge in [-0.15, -0.1) is 0 Å². The van der Waals surface area contributed by atoms with Crippen molar-refractivity contribution < 1.29 is 22.7 Å². The van der Waals surface area contributed by atoms with Gasteiger partial charge in [-0.2, -0.15) is 0 Å². The summed E-state index contributed by atoms with van der Waals surface area (Å²) in [5.74, 6) is -0.160. The highest BCUT2D eigenvalue weighted by atomic mass is 32.2. The monoisotopic (exact) mass is 489 g/mol. The lowest BCUT2D eigenvalue weighted by Crippen LogP contribution is -2.52. The van der Waals surface area contributed by atoms with Gasteiger partial charge in [0.2, 0.25) is 21.8 Å². The van der Waals surface area contributed by atoms with Gasteiger partial charge in [-0.3, -0.25) is 13.9 Å². The van der Waals surface area contributed by atoms with Gasteiger partial charge < -0.3 is 15.0 Å². The SMILES string of the molecule is CCOc1ccc(N(CC(=O)N(Cc2ccccc2)[C@@H](C)C(=O)N[C@H](C)CC)S(C)(=O)=O)cc1. The molecule has 34 heavy (non-hydrogen) atoms. The Kier molecular flexibility index (Phi) is 9.92. The fourth-order valence-corrected chi connectivity index (χ4v) is 4.17. The molecular formula is C25H35N3O5S. The molecule has 0 radical (unpaired) electrons. The zero-order chi connectivity index (χ0) is 25.3. The van der Waals surface area contributed by atoms with Crippen molar-refractivity contribution >= 4 is 27.5 Å². The van der Waals surface area contributed by atoms with Gasteiger partial charge in [0.1, 0.15) is 18.3 Å². The number of hydrogen-bond acceptors (Lipinski definition) is 5. The zero-order valence-corrected chi connectivity index (χ0v) is 21.3. The second kappa shape index (κ2) is 12.4. The van der Waals surface area contributed by atoms with Crippen LogP contribution < -0.4 is 14.4 Å². The minimum absolute atomic E-state index is 0.0417. The standard InChI is InChI=1S/C25H35N3O5S/c1-6-19(3)26-25(30)20(4)27(17-21-11-9-8-10-12-21)24(29)18-28(34(5,31)32)22-13-15-23(16-14-22)33-7-2/h8-16,19-20H,6-7,17-18H2,1-5H3,(H,26,30)/t19-,20+/m1/s1. The molecule has 0 bridgehead atoms. The molecule has 186 valence electrons. The molecule has 0 saturated heterocycles. The van der Waals surface area contributed by atoms with E-state index in [2.05, 4.69) is 5.32 Å². The molecular weight excluding hydrogens is 454 g/mol. The molecule has 9 heteroatoms. The van der Waals surface area contributed by atoms with Gasteiger partial charge in [0.25, 0.3) is 0 Å². The summed E-state index contributed by atoms with van der Waals surface area (Å²) in [6, 6.07) is 15.0. The van der Waals surface area contributed by atoms with E-state index in [0.29, 0.717) is 18.0 Å². The maximum atomic E-state index is 13.5. The van der Waals surface area contributed by atoms with Gasteiger partial charge in [0.05, 0.1) is 18.6 Å². The Morgan fingerprint density at radius 2 is 1.62 bits per heavy atom. The average molecular weight is 490 g/mol.